The van der Waals surface area contributed by atoms with Gasteiger partial charge in [-0.3, -0.25) is 5.41 Å². The van der Waals surface area contributed by atoms with Gasteiger partial charge in [0.25, 0.3) is 3.79 Å². The zero-order valence-electron chi connectivity index (χ0n) is 17.7. The molecule has 7 nitrogen and oxygen atoms in total. The van der Waals surface area contributed by atoms with Crippen molar-refractivity contribution in [3.05, 3.63) is 71.8 Å². The second-order valence-corrected chi connectivity index (χ2v) is 9.67. The molecule has 0 spiro atoms. The number of rotatable bonds is 7. The van der Waals surface area contributed by atoms with Gasteiger partial charge < -0.3 is 18.9 Å². The van der Waals surface area contributed by atoms with E-state index >= 15 is 4.39 Å². The highest BCUT2D eigenvalue weighted by Crippen LogP contribution is 2.30. The highest BCUT2D eigenvalue weighted by molar-refractivity contribution is 6.76. The van der Waals surface area contributed by atoms with Crippen LogP contribution in [0.5, 0.6) is 0 Å². The first-order valence-electron chi connectivity index (χ1n) is 10.2. The summed E-state index contributed by atoms with van der Waals surface area (Å²) in [5, 5.41) is 7.65. The van der Waals surface area contributed by atoms with Crippen LogP contribution in [0.1, 0.15) is 27.1 Å². The normalized spacial score (nSPS) is 22.5. The van der Waals surface area contributed by atoms with Crippen molar-refractivity contribution in [2.24, 2.45) is 0 Å². The van der Waals surface area contributed by atoms with Crippen LogP contribution in [0, 0.1) is 5.41 Å². The molecule has 3 rings (SSSR count). The molecule has 0 aromatic heterocycles. The zero-order valence-corrected chi connectivity index (χ0v) is 19.9. The van der Waals surface area contributed by atoms with Crippen molar-refractivity contribution >= 4 is 52.6 Å². The van der Waals surface area contributed by atoms with Crippen LogP contribution < -0.4 is 0 Å². The maximum Gasteiger partial charge on any atom is 0.338 e. The summed E-state index contributed by atoms with van der Waals surface area (Å²) < 4.78 is 34.6. The summed E-state index contributed by atoms with van der Waals surface area (Å²) in [4.78, 5) is 24.8. The van der Waals surface area contributed by atoms with Crippen molar-refractivity contribution in [1.29, 1.82) is 5.41 Å². The van der Waals surface area contributed by atoms with Gasteiger partial charge in [-0.05, 0) is 24.3 Å². The smallest absolute Gasteiger partial charge is 0.338 e. The third-order valence-electron chi connectivity index (χ3n) is 4.90. The summed E-state index contributed by atoms with van der Waals surface area (Å²) in [7, 11) is 0. The molecule has 1 aliphatic rings. The van der Waals surface area contributed by atoms with E-state index in [-0.39, 0.29) is 24.2 Å². The average Bonchev–Trinajstić information content (AvgIpc) is 2.83. The SMILES string of the molecule is N=C(OCC1C[C@@H](OC(=O)c2ccccc2)[C@H](F)[C@@H](COC(=O)c2ccccc2)O1)C(Cl)(Cl)Cl. The number of carbonyl (C=O) groups excluding carboxylic acids is 2. The van der Waals surface area contributed by atoms with Gasteiger partial charge in [-0.25, -0.2) is 14.0 Å². The number of hydrogen-bond acceptors (Lipinski definition) is 7. The quantitative estimate of drug-likeness (QED) is 0.235. The predicted molar refractivity (Wildman–Crippen MR) is 125 cm³/mol. The molecule has 1 heterocycles. The molecule has 34 heavy (non-hydrogen) atoms. The largest absolute Gasteiger partial charge is 0.475 e. The molecule has 0 bridgehead atoms. The molecule has 0 saturated carbocycles. The van der Waals surface area contributed by atoms with Crippen LogP contribution in [0.3, 0.4) is 0 Å². The Morgan fingerprint density at radius 1 is 0.941 bits per heavy atom. The summed E-state index contributed by atoms with van der Waals surface area (Å²) in [5.41, 5.74) is 0.538. The van der Waals surface area contributed by atoms with E-state index in [9.17, 15) is 9.59 Å². The van der Waals surface area contributed by atoms with Crippen molar-refractivity contribution in [3.8, 4) is 0 Å². The maximum atomic E-state index is 15.3. The molecule has 182 valence electrons. The molecular formula is C23H21Cl3FNO6. The molecule has 1 saturated heterocycles. The van der Waals surface area contributed by atoms with E-state index in [1.807, 2.05) is 0 Å². The van der Waals surface area contributed by atoms with Gasteiger partial charge in [-0.1, -0.05) is 71.2 Å². The molecule has 1 fully saturated rings. The average molecular weight is 533 g/mol. The highest BCUT2D eigenvalue weighted by Gasteiger charge is 2.43. The number of nitrogens with one attached hydrogen (secondary N) is 1. The maximum absolute atomic E-state index is 15.3. The number of carbonyl (C=O) groups is 2. The van der Waals surface area contributed by atoms with Crippen LogP contribution in [0.25, 0.3) is 0 Å². The minimum absolute atomic E-state index is 0.0873. The molecule has 0 aliphatic carbocycles. The Bertz CT molecular complexity index is 989. The Labute approximate surface area is 210 Å². The van der Waals surface area contributed by atoms with Crippen LogP contribution in [-0.2, 0) is 18.9 Å². The van der Waals surface area contributed by atoms with Crippen molar-refractivity contribution in [1.82, 2.24) is 0 Å². The Morgan fingerprint density at radius 2 is 1.50 bits per heavy atom. The van der Waals surface area contributed by atoms with Crippen molar-refractivity contribution in [2.45, 2.75) is 34.7 Å². The van der Waals surface area contributed by atoms with Crippen molar-refractivity contribution in [2.75, 3.05) is 13.2 Å². The first-order chi connectivity index (χ1) is 16.1. The summed E-state index contributed by atoms with van der Waals surface area (Å²) in [6, 6.07) is 16.3. The molecule has 2 aromatic carbocycles. The lowest BCUT2D eigenvalue weighted by atomic mass is 9.99. The summed E-state index contributed by atoms with van der Waals surface area (Å²) in [6.45, 7) is -0.714. The van der Waals surface area contributed by atoms with Crippen LogP contribution in [0.2, 0.25) is 0 Å². The van der Waals surface area contributed by atoms with Gasteiger partial charge in [0.15, 0.2) is 6.17 Å². The first-order valence-corrected chi connectivity index (χ1v) is 11.3. The molecule has 1 aliphatic heterocycles. The molecule has 4 atom stereocenters. The van der Waals surface area contributed by atoms with Crippen LogP contribution in [-0.4, -0.2) is 59.3 Å². The van der Waals surface area contributed by atoms with Gasteiger partial charge in [0.05, 0.1) is 17.2 Å². The van der Waals surface area contributed by atoms with Crippen LogP contribution in [0.4, 0.5) is 4.39 Å². The van der Waals surface area contributed by atoms with Gasteiger partial charge in [-0.15, -0.1) is 0 Å². The standard InChI is InChI=1S/C23H21Cl3FNO6/c24-23(25,26)22(28)32-12-16-11-17(34-21(30)15-9-5-2-6-10-15)19(27)18(33-16)13-31-20(29)14-7-3-1-4-8-14/h1-10,16-19,28H,11-13H2/t16?,17-,18-,19+/m1/s1. The predicted octanol–water partition coefficient (Wildman–Crippen LogP) is 4.93. The number of halogens is 4. The fraction of sp³-hybridized carbons (Fsp3) is 0.348. The first kappa shape index (κ1) is 26.2. The highest BCUT2D eigenvalue weighted by atomic mass is 35.6. The number of ether oxygens (including phenoxy) is 4. The lowest BCUT2D eigenvalue weighted by molar-refractivity contribution is -0.166. The molecule has 11 heteroatoms. The Balaban J connectivity index is 1.69. The van der Waals surface area contributed by atoms with Crippen molar-refractivity contribution in [3.63, 3.8) is 0 Å². The lowest BCUT2D eigenvalue weighted by Crippen LogP contribution is -2.51. The lowest BCUT2D eigenvalue weighted by Gasteiger charge is -2.37. The summed E-state index contributed by atoms with van der Waals surface area (Å²) in [5.74, 6) is -2.03. The second-order valence-electron chi connectivity index (χ2n) is 7.39. The van der Waals surface area contributed by atoms with E-state index in [2.05, 4.69) is 0 Å². The molecule has 0 radical (unpaired) electrons. The van der Waals surface area contributed by atoms with Gasteiger partial charge in [0.2, 0.25) is 5.90 Å². The van der Waals surface area contributed by atoms with Crippen LogP contribution in [0.15, 0.2) is 60.7 Å². The van der Waals surface area contributed by atoms with E-state index in [0.29, 0.717) is 0 Å². The third-order valence-corrected chi connectivity index (χ3v) is 5.41. The number of alkyl halides is 4. The van der Waals surface area contributed by atoms with Gasteiger partial charge in [0, 0.05) is 6.42 Å². The fourth-order valence-corrected chi connectivity index (χ4v) is 3.37. The van der Waals surface area contributed by atoms with E-state index in [4.69, 9.17) is 59.2 Å². The number of benzene rings is 2. The van der Waals surface area contributed by atoms with Gasteiger partial charge in [0.1, 0.15) is 25.4 Å². The molecule has 1 unspecified atom stereocenters. The van der Waals surface area contributed by atoms with Gasteiger partial charge in [-0.2, -0.15) is 0 Å². The Kier molecular flexibility index (Phi) is 9.13. The minimum atomic E-state index is -2.08. The molecular weight excluding hydrogens is 512 g/mol. The zero-order chi connectivity index (χ0) is 24.7. The van der Waals surface area contributed by atoms with E-state index in [0.717, 1.165) is 0 Å². The molecule has 0 amide bonds. The third kappa shape index (κ3) is 7.30. The summed E-state index contributed by atoms with van der Waals surface area (Å²) >= 11 is 16.8. The minimum Gasteiger partial charge on any atom is -0.475 e. The fourth-order valence-electron chi connectivity index (χ4n) is 3.21. The number of esters is 2. The van der Waals surface area contributed by atoms with E-state index < -0.39 is 52.7 Å². The van der Waals surface area contributed by atoms with Gasteiger partial charge >= 0.3 is 11.9 Å². The Morgan fingerprint density at radius 3 is 2.06 bits per heavy atom. The summed E-state index contributed by atoms with van der Waals surface area (Å²) in [6.07, 6.45) is -5.20. The second kappa shape index (κ2) is 11.8. The molecule has 1 N–H and O–H groups in total. The topological polar surface area (TPSA) is 94.9 Å². The van der Waals surface area contributed by atoms with Crippen molar-refractivity contribution < 1.29 is 32.9 Å². The number of hydrogen-bond donors (Lipinski definition) is 1. The monoisotopic (exact) mass is 531 g/mol. The van der Waals surface area contributed by atoms with Crippen LogP contribution >= 0.6 is 34.8 Å². The van der Waals surface area contributed by atoms with E-state index in [1.54, 1.807) is 48.5 Å². The van der Waals surface area contributed by atoms with E-state index in [1.165, 1.54) is 12.1 Å². The Hall–Kier alpha value is -2.39. The molecule has 2 aromatic rings.